The van der Waals surface area contributed by atoms with Crippen LogP contribution in [0.1, 0.15) is 23.6 Å². The molecule has 0 fully saturated rings. The molecule has 6 aromatic carbocycles. The van der Waals surface area contributed by atoms with Gasteiger partial charge in [-0.2, -0.15) is 0 Å². The van der Waals surface area contributed by atoms with Gasteiger partial charge >= 0.3 is 0 Å². The van der Waals surface area contributed by atoms with Crippen LogP contribution < -0.4 is 15.9 Å². The summed E-state index contributed by atoms with van der Waals surface area (Å²) >= 11 is 0. The lowest BCUT2D eigenvalue weighted by molar-refractivity contribution is 0.494. The Labute approximate surface area is 286 Å². The van der Waals surface area contributed by atoms with Crippen LogP contribution in [-0.4, -0.2) is 18.5 Å². The van der Waals surface area contributed by atoms with Crippen molar-refractivity contribution in [1.29, 1.82) is 0 Å². The van der Waals surface area contributed by atoms with Gasteiger partial charge in [0.1, 0.15) is 0 Å². The average Bonchev–Trinajstić information content (AvgIpc) is 3.13. The second-order valence-electron chi connectivity index (χ2n) is 12.8. The molecule has 0 amide bonds. The molecule has 6 aromatic rings. The van der Waals surface area contributed by atoms with Crippen LogP contribution in [0.15, 0.2) is 182 Å². The summed E-state index contributed by atoms with van der Waals surface area (Å²) in [5.74, 6) is 0. The summed E-state index contributed by atoms with van der Waals surface area (Å²) in [4.78, 5) is 0. The Kier molecular flexibility index (Phi) is 12.2. The first-order valence-corrected chi connectivity index (χ1v) is 21.8. The smallest absolute Gasteiger partial charge is 0.00326 e. The summed E-state index contributed by atoms with van der Waals surface area (Å²) in [6, 6.07) is 67.9. The van der Waals surface area contributed by atoms with Crippen molar-refractivity contribution in [2.45, 2.75) is 25.4 Å². The van der Waals surface area contributed by atoms with Crippen LogP contribution in [0.4, 0.5) is 0 Å². The molecule has 0 saturated heterocycles. The third-order valence-electron chi connectivity index (χ3n) is 8.73. The van der Waals surface area contributed by atoms with Gasteiger partial charge in [0.15, 0.2) is 0 Å². The summed E-state index contributed by atoms with van der Waals surface area (Å²) in [5.41, 5.74) is 4.51. The minimum absolute atomic E-state index is 0.156. The quantitative estimate of drug-likeness (QED) is 0.0957. The van der Waals surface area contributed by atoms with E-state index in [1.54, 1.807) is 0 Å². The standard InChI is InChI=1S/C44H45P3/c1-44(35-45(41-26-14-5-15-27-41)32-38-20-8-2-9-21-38,36-46(42-28-16-6-17-29-42)33-39-22-10-3-11-23-39)37-47(43-30-18-7-19-31-43)34-40-24-12-4-13-25-40/h2-31H,32-37H2,1H3/t45-,46-,47+/m1/s1. The highest BCUT2D eigenvalue weighted by Crippen LogP contribution is 2.55. The van der Waals surface area contributed by atoms with E-state index in [-0.39, 0.29) is 5.41 Å². The van der Waals surface area contributed by atoms with E-state index in [1.165, 1.54) is 51.1 Å². The van der Waals surface area contributed by atoms with Gasteiger partial charge in [-0.1, -0.05) is 213 Å². The topological polar surface area (TPSA) is 0 Å². The second kappa shape index (κ2) is 17.1. The van der Waals surface area contributed by atoms with E-state index in [0.717, 1.165) is 18.5 Å². The van der Waals surface area contributed by atoms with Crippen LogP contribution >= 0.6 is 23.8 Å². The van der Waals surface area contributed by atoms with Crippen molar-refractivity contribution in [3.05, 3.63) is 199 Å². The van der Waals surface area contributed by atoms with Crippen molar-refractivity contribution in [1.82, 2.24) is 0 Å². The molecule has 6 rings (SSSR count). The van der Waals surface area contributed by atoms with Gasteiger partial charge in [0.2, 0.25) is 0 Å². The van der Waals surface area contributed by atoms with Crippen molar-refractivity contribution >= 4 is 39.7 Å². The van der Waals surface area contributed by atoms with Gasteiger partial charge in [-0.3, -0.25) is 0 Å². The molecule has 3 atom stereocenters. The van der Waals surface area contributed by atoms with E-state index in [2.05, 4.69) is 189 Å². The van der Waals surface area contributed by atoms with Gasteiger partial charge in [-0.25, -0.2) is 0 Å². The number of hydrogen-bond acceptors (Lipinski definition) is 0. The van der Waals surface area contributed by atoms with E-state index in [1.807, 2.05) is 0 Å². The van der Waals surface area contributed by atoms with E-state index in [0.29, 0.717) is 0 Å². The summed E-state index contributed by atoms with van der Waals surface area (Å²) in [6.45, 7) is 2.66. The highest BCUT2D eigenvalue weighted by atomic mass is 31.1. The van der Waals surface area contributed by atoms with Gasteiger partial charge < -0.3 is 0 Å². The third-order valence-corrected chi connectivity index (χ3v) is 17.5. The first-order chi connectivity index (χ1) is 23.1. The summed E-state index contributed by atoms with van der Waals surface area (Å²) in [6.07, 6.45) is 7.05. The third kappa shape index (κ3) is 10.1. The molecule has 0 radical (unpaired) electrons. The molecular weight excluding hydrogens is 621 g/mol. The predicted octanol–water partition coefficient (Wildman–Crippen LogP) is 11.0. The maximum Gasteiger partial charge on any atom is -0.00326 e. The fourth-order valence-corrected chi connectivity index (χ4v) is 15.7. The number of hydrogen-bond donors (Lipinski definition) is 0. The zero-order valence-corrected chi connectivity index (χ0v) is 30.1. The molecular formula is C44H45P3. The largest absolute Gasteiger partial charge is 0.0703 e. The zero-order chi connectivity index (χ0) is 32.2. The van der Waals surface area contributed by atoms with Gasteiger partial charge in [0.05, 0.1) is 0 Å². The predicted molar refractivity (Wildman–Crippen MR) is 212 cm³/mol. The van der Waals surface area contributed by atoms with Gasteiger partial charge in [-0.05, 0) is 75.0 Å². The molecule has 0 heterocycles. The maximum atomic E-state index is 2.66. The summed E-state index contributed by atoms with van der Waals surface area (Å²) in [5, 5.41) is 4.57. The molecule has 0 N–H and O–H groups in total. The Balaban J connectivity index is 1.41. The van der Waals surface area contributed by atoms with Crippen LogP contribution in [0, 0.1) is 5.41 Å². The minimum atomic E-state index is -0.417. The molecule has 0 nitrogen and oxygen atoms in total. The fourth-order valence-electron chi connectivity index (χ4n) is 6.58. The highest BCUT2D eigenvalue weighted by Gasteiger charge is 2.35. The zero-order valence-electron chi connectivity index (χ0n) is 27.4. The maximum absolute atomic E-state index is 2.66. The normalized spacial score (nSPS) is 13.5. The lowest BCUT2D eigenvalue weighted by atomic mass is 9.99. The Hall–Kier alpha value is -3.39. The van der Waals surface area contributed by atoms with E-state index in [9.17, 15) is 0 Å². The molecule has 236 valence electrons. The van der Waals surface area contributed by atoms with Crippen LogP contribution in [-0.2, 0) is 18.5 Å². The Morgan fingerprint density at radius 2 is 0.532 bits per heavy atom. The van der Waals surface area contributed by atoms with Crippen molar-refractivity contribution in [3.63, 3.8) is 0 Å². The lowest BCUT2D eigenvalue weighted by Crippen LogP contribution is -2.33. The highest BCUT2D eigenvalue weighted by molar-refractivity contribution is 7.67. The Bertz CT molecular complexity index is 1520. The molecule has 0 saturated carbocycles. The monoisotopic (exact) mass is 666 g/mol. The molecule has 47 heavy (non-hydrogen) atoms. The Morgan fingerprint density at radius 3 is 0.766 bits per heavy atom. The van der Waals surface area contributed by atoms with Crippen molar-refractivity contribution in [2.75, 3.05) is 18.5 Å². The molecule has 0 bridgehead atoms. The van der Waals surface area contributed by atoms with Gasteiger partial charge in [0, 0.05) is 0 Å². The van der Waals surface area contributed by atoms with E-state index in [4.69, 9.17) is 0 Å². The van der Waals surface area contributed by atoms with Gasteiger partial charge in [-0.15, -0.1) is 0 Å². The fraction of sp³-hybridized carbons (Fsp3) is 0.182. The van der Waals surface area contributed by atoms with Crippen LogP contribution in [0.25, 0.3) is 0 Å². The van der Waals surface area contributed by atoms with Crippen LogP contribution in [0.3, 0.4) is 0 Å². The molecule has 0 spiro atoms. The molecule has 3 heteroatoms. The van der Waals surface area contributed by atoms with Gasteiger partial charge in [0.25, 0.3) is 0 Å². The van der Waals surface area contributed by atoms with E-state index < -0.39 is 23.8 Å². The SMILES string of the molecule is CC(C[P@@](Cc1ccccc1)c1ccccc1)(C[P@@](Cc1ccccc1)c1ccccc1)C[P@](Cc1ccccc1)c1ccccc1. The van der Waals surface area contributed by atoms with Crippen molar-refractivity contribution < 1.29 is 0 Å². The molecule has 0 aliphatic carbocycles. The first-order valence-electron chi connectivity index (χ1n) is 16.7. The summed E-state index contributed by atoms with van der Waals surface area (Å²) in [7, 11) is -1.25. The van der Waals surface area contributed by atoms with Crippen molar-refractivity contribution in [3.8, 4) is 0 Å². The average molecular weight is 667 g/mol. The van der Waals surface area contributed by atoms with E-state index >= 15 is 0 Å². The number of benzene rings is 6. The summed E-state index contributed by atoms with van der Waals surface area (Å²) < 4.78 is 0. The minimum Gasteiger partial charge on any atom is -0.0703 e. The molecule has 0 aromatic heterocycles. The van der Waals surface area contributed by atoms with Crippen LogP contribution in [0.5, 0.6) is 0 Å². The lowest BCUT2D eigenvalue weighted by Gasteiger charge is -2.40. The first kappa shape index (κ1) is 33.5. The van der Waals surface area contributed by atoms with Crippen molar-refractivity contribution in [2.24, 2.45) is 5.41 Å². The van der Waals surface area contributed by atoms with Crippen LogP contribution in [0.2, 0.25) is 0 Å². The number of rotatable bonds is 15. The second-order valence-corrected chi connectivity index (χ2v) is 19.5. The molecule has 0 aliphatic rings. The molecule has 0 aliphatic heterocycles. The molecule has 0 unspecified atom stereocenters. The Morgan fingerprint density at radius 1 is 0.319 bits per heavy atom.